The molecule has 14 nitrogen and oxygen atoms in total. The minimum absolute atomic E-state index is 0.00863. The molecule has 1 amide bonds. The van der Waals surface area contributed by atoms with E-state index in [1.54, 1.807) is 0 Å². The number of amides is 1. The molecule has 3 aromatic rings. The molecule has 1 saturated heterocycles. The van der Waals surface area contributed by atoms with Crippen LogP contribution in [-0.2, 0) is 21.4 Å². The van der Waals surface area contributed by atoms with E-state index in [-0.39, 0.29) is 43.0 Å². The van der Waals surface area contributed by atoms with E-state index in [0.29, 0.717) is 0 Å². The second kappa shape index (κ2) is 8.68. The van der Waals surface area contributed by atoms with E-state index in [4.69, 9.17) is 4.42 Å². The third kappa shape index (κ3) is 4.13. The second-order valence-electron chi connectivity index (χ2n) is 7.37. The number of nitrogens with zero attached hydrogens (tertiary/aromatic N) is 5. The standard InChI is InChI=1S/C19H17N5O9S/c25-18(12-22-14-6-5-13(23(27)28)11-16(14)33-19(22)26)20-7-9-21(10-8-20)34(31,32)17-4-2-1-3-15(17)24(29)30/h1-6,11H,7-10,12H2. The largest absolute Gasteiger partial charge is 0.420 e. The number of sulfonamides is 1. The van der Waals surface area contributed by atoms with E-state index in [1.165, 1.54) is 29.2 Å². The number of benzene rings is 2. The van der Waals surface area contributed by atoms with E-state index in [0.717, 1.165) is 27.1 Å². The number of carbonyl (C=O) groups is 1. The molecule has 0 radical (unpaired) electrons. The lowest BCUT2D eigenvalue weighted by molar-refractivity contribution is -0.387. The van der Waals surface area contributed by atoms with Gasteiger partial charge >= 0.3 is 5.76 Å². The Balaban J connectivity index is 1.48. The van der Waals surface area contributed by atoms with Crippen molar-refractivity contribution in [3.05, 3.63) is 73.2 Å². The second-order valence-corrected chi connectivity index (χ2v) is 9.28. The molecule has 178 valence electrons. The maximum Gasteiger partial charge on any atom is 0.420 e. The van der Waals surface area contributed by atoms with Gasteiger partial charge in [-0.1, -0.05) is 12.1 Å². The third-order valence-corrected chi connectivity index (χ3v) is 7.37. The molecule has 1 aliphatic rings. The maximum atomic E-state index is 12.9. The predicted molar refractivity (Wildman–Crippen MR) is 116 cm³/mol. The van der Waals surface area contributed by atoms with Crippen molar-refractivity contribution in [2.45, 2.75) is 11.4 Å². The number of para-hydroxylation sites is 1. The van der Waals surface area contributed by atoms with Gasteiger partial charge in [-0.05, 0) is 12.1 Å². The summed E-state index contributed by atoms with van der Waals surface area (Å²) in [7, 11) is -4.15. The average Bonchev–Trinajstić information content (AvgIpc) is 3.13. The van der Waals surface area contributed by atoms with Crippen LogP contribution in [-0.4, -0.2) is 64.1 Å². The van der Waals surface area contributed by atoms with E-state index in [2.05, 4.69) is 0 Å². The lowest BCUT2D eigenvalue weighted by Crippen LogP contribution is -2.51. The summed E-state index contributed by atoms with van der Waals surface area (Å²) >= 11 is 0. The van der Waals surface area contributed by atoms with Gasteiger partial charge in [0.05, 0.1) is 21.4 Å². The van der Waals surface area contributed by atoms with Gasteiger partial charge in [-0.15, -0.1) is 0 Å². The molecule has 1 aliphatic heterocycles. The first-order valence-electron chi connectivity index (χ1n) is 9.88. The minimum atomic E-state index is -4.15. The number of carbonyl (C=O) groups excluding carboxylic acids is 1. The number of hydrogen-bond acceptors (Lipinski definition) is 9. The predicted octanol–water partition coefficient (Wildman–Crippen LogP) is 0.944. The first-order chi connectivity index (χ1) is 16.1. The molecule has 0 spiro atoms. The zero-order valence-corrected chi connectivity index (χ0v) is 18.2. The van der Waals surface area contributed by atoms with E-state index < -0.39 is 48.7 Å². The monoisotopic (exact) mass is 491 g/mol. The molecule has 0 bridgehead atoms. The number of rotatable bonds is 6. The maximum absolute atomic E-state index is 12.9. The van der Waals surface area contributed by atoms with E-state index in [1.807, 2.05) is 0 Å². The Morgan fingerprint density at radius 2 is 1.68 bits per heavy atom. The molecule has 15 heteroatoms. The molecule has 0 saturated carbocycles. The molecule has 0 N–H and O–H groups in total. The fourth-order valence-electron chi connectivity index (χ4n) is 3.70. The normalized spacial score (nSPS) is 14.9. The van der Waals surface area contributed by atoms with Gasteiger partial charge in [0.25, 0.3) is 11.4 Å². The van der Waals surface area contributed by atoms with Gasteiger partial charge in [0.1, 0.15) is 6.54 Å². The Labute approximate surface area is 190 Å². The van der Waals surface area contributed by atoms with Crippen molar-refractivity contribution in [1.29, 1.82) is 0 Å². The number of oxazole rings is 1. The van der Waals surface area contributed by atoms with Crippen LogP contribution in [0.15, 0.2) is 56.6 Å². The summed E-state index contributed by atoms with van der Waals surface area (Å²) in [6.45, 7) is -0.565. The first kappa shape index (κ1) is 23.1. The lowest BCUT2D eigenvalue weighted by Gasteiger charge is -2.33. The summed E-state index contributed by atoms with van der Waals surface area (Å²) in [4.78, 5) is 46.6. The number of aromatic nitrogens is 1. The molecule has 34 heavy (non-hydrogen) atoms. The molecule has 0 aliphatic carbocycles. The minimum Gasteiger partial charge on any atom is -0.407 e. The zero-order valence-electron chi connectivity index (χ0n) is 17.4. The van der Waals surface area contributed by atoms with Crippen molar-refractivity contribution in [1.82, 2.24) is 13.8 Å². The van der Waals surface area contributed by atoms with Crippen molar-refractivity contribution >= 4 is 38.4 Å². The van der Waals surface area contributed by atoms with Gasteiger partial charge in [0.2, 0.25) is 15.9 Å². The van der Waals surface area contributed by atoms with Crippen LogP contribution in [0.25, 0.3) is 11.1 Å². The number of hydrogen-bond donors (Lipinski definition) is 0. The fourth-order valence-corrected chi connectivity index (χ4v) is 5.28. The van der Waals surface area contributed by atoms with Gasteiger partial charge in [-0.3, -0.25) is 29.6 Å². The first-order valence-corrected chi connectivity index (χ1v) is 11.3. The van der Waals surface area contributed by atoms with Gasteiger partial charge in [-0.2, -0.15) is 4.31 Å². The van der Waals surface area contributed by atoms with Gasteiger partial charge in [0, 0.05) is 38.3 Å². The molecule has 0 unspecified atom stereocenters. The highest BCUT2D eigenvalue weighted by Crippen LogP contribution is 2.27. The van der Waals surface area contributed by atoms with E-state index >= 15 is 0 Å². The number of nitro benzene ring substituents is 2. The summed E-state index contributed by atoms with van der Waals surface area (Å²) < 4.78 is 33.0. The van der Waals surface area contributed by atoms with Crippen molar-refractivity contribution in [2.75, 3.05) is 26.2 Å². The number of piperazine rings is 1. The van der Waals surface area contributed by atoms with Crippen molar-refractivity contribution in [3.8, 4) is 0 Å². The van der Waals surface area contributed by atoms with Crippen LogP contribution in [0, 0.1) is 20.2 Å². The molecule has 0 atom stereocenters. The number of fused-ring (bicyclic) bond motifs is 1. The highest BCUT2D eigenvalue weighted by atomic mass is 32.2. The Kier molecular flexibility index (Phi) is 5.89. The fraction of sp³-hybridized carbons (Fsp3) is 0.263. The molecule has 2 heterocycles. The van der Waals surface area contributed by atoms with Crippen LogP contribution in [0.3, 0.4) is 0 Å². The molecule has 2 aromatic carbocycles. The summed E-state index contributed by atoms with van der Waals surface area (Å²) in [5.74, 6) is -1.34. The SMILES string of the molecule is O=C(Cn1c(=O)oc2cc([N+](=O)[O-])ccc21)N1CCN(S(=O)(=O)c2ccccc2[N+](=O)[O-])CC1. The molecular weight excluding hydrogens is 474 g/mol. The summed E-state index contributed by atoms with van der Waals surface area (Å²) in [6.07, 6.45) is 0. The molecule has 1 fully saturated rings. The highest BCUT2D eigenvalue weighted by Gasteiger charge is 2.34. The summed E-state index contributed by atoms with van der Waals surface area (Å²) in [6, 6.07) is 8.60. The van der Waals surface area contributed by atoms with Crippen molar-refractivity contribution < 1.29 is 27.5 Å². The summed E-state index contributed by atoms with van der Waals surface area (Å²) in [5.41, 5.74) is -0.628. The smallest absolute Gasteiger partial charge is 0.407 e. The Bertz CT molecular complexity index is 1470. The van der Waals surface area contributed by atoms with Gasteiger partial charge in [0.15, 0.2) is 10.5 Å². The van der Waals surface area contributed by atoms with Gasteiger partial charge in [-0.25, -0.2) is 13.2 Å². The number of non-ortho nitro benzene ring substituents is 1. The lowest BCUT2D eigenvalue weighted by atomic mass is 10.3. The summed E-state index contributed by atoms with van der Waals surface area (Å²) in [5, 5.41) is 22.1. The Morgan fingerprint density at radius 3 is 2.32 bits per heavy atom. The van der Waals surface area contributed by atoms with Crippen LogP contribution in [0.1, 0.15) is 0 Å². The molecule has 1 aromatic heterocycles. The van der Waals surface area contributed by atoms with Crippen LogP contribution < -0.4 is 5.76 Å². The van der Waals surface area contributed by atoms with Crippen molar-refractivity contribution in [3.63, 3.8) is 0 Å². The molecule has 4 rings (SSSR count). The zero-order chi connectivity index (χ0) is 24.6. The van der Waals surface area contributed by atoms with Crippen molar-refractivity contribution in [2.24, 2.45) is 0 Å². The third-order valence-electron chi connectivity index (χ3n) is 5.43. The number of nitro groups is 2. The average molecular weight is 491 g/mol. The Morgan fingerprint density at radius 1 is 1.00 bits per heavy atom. The van der Waals surface area contributed by atoms with Crippen LogP contribution in [0.5, 0.6) is 0 Å². The van der Waals surface area contributed by atoms with Gasteiger partial charge < -0.3 is 9.32 Å². The van der Waals surface area contributed by atoms with Crippen LogP contribution >= 0.6 is 0 Å². The van der Waals surface area contributed by atoms with Crippen LogP contribution in [0.4, 0.5) is 11.4 Å². The quantitative estimate of drug-likeness (QED) is 0.358. The Hall–Kier alpha value is -4.11. The molecular formula is C19H17N5O9S. The topological polar surface area (TPSA) is 179 Å². The van der Waals surface area contributed by atoms with E-state index in [9.17, 15) is 38.2 Å². The van der Waals surface area contributed by atoms with Crippen LogP contribution in [0.2, 0.25) is 0 Å². The highest BCUT2D eigenvalue weighted by molar-refractivity contribution is 7.89.